The van der Waals surface area contributed by atoms with E-state index >= 15 is 0 Å². The van der Waals surface area contributed by atoms with Gasteiger partial charge in [-0.15, -0.1) is 0 Å². The highest BCUT2D eigenvalue weighted by Gasteiger charge is 2.24. The molecule has 5 nitrogen and oxygen atoms in total. The Morgan fingerprint density at radius 1 is 1.30 bits per heavy atom. The quantitative estimate of drug-likeness (QED) is 0.846. The second-order valence-corrected chi connectivity index (χ2v) is 6.59. The van der Waals surface area contributed by atoms with Gasteiger partial charge in [-0.1, -0.05) is 6.42 Å². The summed E-state index contributed by atoms with van der Waals surface area (Å²) in [5.41, 5.74) is 0.753. The van der Waals surface area contributed by atoms with Crippen molar-refractivity contribution in [3.8, 4) is 5.75 Å². The second kappa shape index (κ2) is 8.31. The highest BCUT2D eigenvalue weighted by atomic mass is 16.5. The van der Waals surface area contributed by atoms with Crippen molar-refractivity contribution in [2.45, 2.75) is 57.8 Å². The molecule has 0 radical (unpaired) electrons. The van der Waals surface area contributed by atoms with Crippen molar-refractivity contribution >= 4 is 11.6 Å². The molecule has 0 saturated heterocycles. The van der Waals surface area contributed by atoms with Crippen LogP contribution in [0.5, 0.6) is 5.75 Å². The standard InChI is InChI=1S/C18H28N2O3/c1-13(2)20(3)12-18(22)19-14-8-10-15(11-9-14)23-17-7-5-4-6-16(17)21/h8-11,13,16-17,21H,4-7,12H2,1-3H3,(H,19,22). The van der Waals surface area contributed by atoms with Crippen molar-refractivity contribution in [2.24, 2.45) is 0 Å². The summed E-state index contributed by atoms with van der Waals surface area (Å²) in [5.74, 6) is 0.700. The van der Waals surface area contributed by atoms with Crippen LogP contribution in [0.15, 0.2) is 24.3 Å². The van der Waals surface area contributed by atoms with Crippen LogP contribution in [0.1, 0.15) is 39.5 Å². The number of benzene rings is 1. The average Bonchev–Trinajstić information content (AvgIpc) is 2.51. The molecule has 1 aliphatic rings. The van der Waals surface area contributed by atoms with Crippen molar-refractivity contribution in [3.63, 3.8) is 0 Å². The van der Waals surface area contributed by atoms with Gasteiger partial charge in [-0.25, -0.2) is 0 Å². The number of nitrogens with one attached hydrogen (secondary N) is 1. The van der Waals surface area contributed by atoms with Crippen LogP contribution in [0.4, 0.5) is 5.69 Å². The minimum atomic E-state index is -0.380. The number of rotatable bonds is 6. The number of aliphatic hydroxyl groups excluding tert-OH is 1. The molecule has 0 aliphatic heterocycles. The zero-order valence-corrected chi connectivity index (χ0v) is 14.3. The maximum Gasteiger partial charge on any atom is 0.238 e. The number of aliphatic hydroxyl groups is 1. The SMILES string of the molecule is CC(C)N(C)CC(=O)Nc1ccc(OC2CCCCC2O)cc1. The van der Waals surface area contributed by atoms with E-state index in [0.717, 1.165) is 37.1 Å². The van der Waals surface area contributed by atoms with E-state index in [4.69, 9.17) is 4.74 Å². The first kappa shape index (κ1) is 17.8. The lowest BCUT2D eigenvalue weighted by Gasteiger charge is -2.28. The van der Waals surface area contributed by atoms with Crippen LogP contribution in [-0.2, 0) is 4.79 Å². The molecule has 2 N–H and O–H groups in total. The van der Waals surface area contributed by atoms with E-state index < -0.39 is 0 Å². The van der Waals surface area contributed by atoms with Crippen LogP contribution in [0.2, 0.25) is 0 Å². The van der Waals surface area contributed by atoms with Crippen molar-refractivity contribution in [1.82, 2.24) is 4.90 Å². The minimum Gasteiger partial charge on any atom is -0.488 e. The van der Waals surface area contributed by atoms with Crippen LogP contribution >= 0.6 is 0 Å². The van der Waals surface area contributed by atoms with E-state index in [-0.39, 0.29) is 18.1 Å². The molecule has 23 heavy (non-hydrogen) atoms. The highest BCUT2D eigenvalue weighted by molar-refractivity contribution is 5.92. The second-order valence-electron chi connectivity index (χ2n) is 6.59. The van der Waals surface area contributed by atoms with E-state index in [1.807, 2.05) is 36.2 Å². The Bertz CT molecular complexity index is 501. The number of likely N-dealkylation sites (N-methyl/N-ethyl adjacent to an activating group) is 1. The molecule has 0 spiro atoms. The van der Waals surface area contributed by atoms with E-state index in [1.54, 1.807) is 0 Å². The van der Waals surface area contributed by atoms with Gasteiger partial charge in [0.2, 0.25) is 5.91 Å². The third-order valence-corrected chi connectivity index (χ3v) is 4.37. The number of hydrogen-bond donors (Lipinski definition) is 2. The maximum atomic E-state index is 12.0. The van der Waals surface area contributed by atoms with Gasteiger partial charge in [0.15, 0.2) is 0 Å². The maximum absolute atomic E-state index is 12.0. The predicted molar refractivity (Wildman–Crippen MR) is 91.7 cm³/mol. The lowest BCUT2D eigenvalue weighted by Crippen LogP contribution is -2.35. The Labute approximate surface area is 138 Å². The van der Waals surface area contributed by atoms with Crippen molar-refractivity contribution in [1.29, 1.82) is 0 Å². The van der Waals surface area contributed by atoms with Gasteiger partial charge in [-0.05, 0) is 64.4 Å². The summed E-state index contributed by atoms with van der Waals surface area (Å²) in [6, 6.07) is 7.67. The fourth-order valence-corrected chi connectivity index (χ4v) is 2.62. The largest absolute Gasteiger partial charge is 0.488 e. The van der Waals surface area contributed by atoms with E-state index in [2.05, 4.69) is 19.2 Å². The minimum absolute atomic E-state index is 0.0300. The molecule has 1 saturated carbocycles. The molecule has 1 amide bonds. The first-order chi connectivity index (χ1) is 11.0. The third kappa shape index (κ3) is 5.52. The van der Waals surface area contributed by atoms with Crippen LogP contribution in [0.25, 0.3) is 0 Å². The predicted octanol–water partition coefficient (Wildman–Crippen LogP) is 2.65. The van der Waals surface area contributed by atoms with Gasteiger partial charge in [0, 0.05) is 11.7 Å². The number of amides is 1. The summed E-state index contributed by atoms with van der Waals surface area (Å²) in [6.07, 6.45) is 3.36. The van der Waals surface area contributed by atoms with Crippen molar-refractivity contribution in [2.75, 3.05) is 18.9 Å². The molecule has 128 valence electrons. The highest BCUT2D eigenvalue weighted by Crippen LogP contribution is 2.24. The normalized spacial score (nSPS) is 21.5. The Kier molecular flexibility index (Phi) is 6.42. The van der Waals surface area contributed by atoms with E-state index in [0.29, 0.717) is 12.6 Å². The molecule has 5 heteroatoms. The Morgan fingerprint density at radius 2 is 1.96 bits per heavy atom. The molecule has 1 fully saturated rings. The average molecular weight is 320 g/mol. The Morgan fingerprint density at radius 3 is 2.57 bits per heavy atom. The van der Waals surface area contributed by atoms with Gasteiger partial charge in [-0.3, -0.25) is 9.69 Å². The van der Waals surface area contributed by atoms with Crippen LogP contribution in [0, 0.1) is 0 Å². The zero-order valence-electron chi connectivity index (χ0n) is 14.3. The molecule has 2 unspecified atom stereocenters. The molecular weight excluding hydrogens is 292 g/mol. The third-order valence-electron chi connectivity index (χ3n) is 4.37. The zero-order chi connectivity index (χ0) is 16.8. The summed E-state index contributed by atoms with van der Waals surface area (Å²) >= 11 is 0. The molecule has 0 heterocycles. The number of nitrogens with zero attached hydrogens (tertiary/aromatic N) is 1. The number of carbonyl (C=O) groups excluding carboxylic acids is 1. The van der Waals surface area contributed by atoms with Gasteiger partial charge in [0.1, 0.15) is 11.9 Å². The monoisotopic (exact) mass is 320 g/mol. The number of ether oxygens (including phenoxy) is 1. The Hall–Kier alpha value is -1.59. The van der Waals surface area contributed by atoms with Crippen LogP contribution < -0.4 is 10.1 Å². The van der Waals surface area contributed by atoms with Gasteiger partial charge in [0.05, 0.1) is 12.6 Å². The molecule has 1 aromatic carbocycles. The van der Waals surface area contributed by atoms with E-state index in [9.17, 15) is 9.90 Å². The molecule has 1 aliphatic carbocycles. The number of anilines is 1. The summed E-state index contributed by atoms with van der Waals surface area (Å²) in [6.45, 7) is 4.47. The number of hydrogen-bond acceptors (Lipinski definition) is 4. The van der Waals surface area contributed by atoms with Gasteiger partial charge in [0.25, 0.3) is 0 Å². The molecule has 0 aromatic heterocycles. The van der Waals surface area contributed by atoms with E-state index in [1.165, 1.54) is 0 Å². The fraction of sp³-hybridized carbons (Fsp3) is 0.611. The number of carbonyl (C=O) groups is 1. The molecular formula is C18H28N2O3. The smallest absolute Gasteiger partial charge is 0.238 e. The topological polar surface area (TPSA) is 61.8 Å². The van der Waals surface area contributed by atoms with Gasteiger partial charge < -0.3 is 15.2 Å². The van der Waals surface area contributed by atoms with Gasteiger partial charge in [-0.2, -0.15) is 0 Å². The molecule has 0 bridgehead atoms. The molecule has 2 rings (SSSR count). The summed E-state index contributed by atoms with van der Waals surface area (Å²) in [4.78, 5) is 13.9. The fourth-order valence-electron chi connectivity index (χ4n) is 2.62. The molecule has 1 aromatic rings. The summed E-state index contributed by atoms with van der Waals surface area (Å²) < 4.78 is 5.85. The summed E-state index contributed by atoms with van der Waals surface area (Å²) in [7, 11) is 1.93. The first-order valence-electron chi connectivity index (χ1n) is 8.40. The lowest BCUT2D eigenvalue weighted by molar-refractivity contribution is -0.117. The van der Waals surface area contributed by atoms with Crippen molar-refractivity contribution in [3.05, 3.63) is 24.3 Å². The summed E-state index contributed by atoms with van der Waals surface area (Å²) in [5, 5.41) is 12.8. The first-order valence-corrected chi connectivity index (χ1v) is 8.40. The lowest BCUT2D eigenvalue weighted by atomic mass is 9.95. The van der Waals surface area contributed by atoms with Gasteiger partial charge >= 0.3 is 0 Å². The van der Waals surface area contributed by atoms with Crippen LogP contribution in [-0.4, -0.2) is 47.8 Å². The Balaban J connectivity index is 1.85. The van der Waals surface area contributed by atoms with Crippen molar-refractivity contribution < 1.29 is 14.6 Å². The molecule has 2 atom stereocenters. The van der Waals surface area contributed by atoms with Crippen LogP contribution in [0.3, 0.4) is 0 Å².